The predicted octanol–water partition coefficient (Wildman–Crippen LogP) is 3.23. The zero-order valence-electron chi connectivity index (χ0n) is 10.8. The molecule has 0 spiro atoms. The molecule has 6 heteroatoms. The second-order valence-electron chi connectivity index (χ2n) is 4.95. The summed E-state index contributed by atoms with van der Waals surface area (Å²) in [5.41, 5.74) is 0. The second kappa shape index (κ2) is 6.52. The van der Waals surface area contributed by atoms with E-state index in [0.717, 1.165) is 34.4 Å². The number of hydrogen-bond acceptors (Lipinski definition) is 5. The van der Waals surface area contributed by atoms with E-state index in [1.807, 2.05) is 12.1 Å². The third-order valence-corrected chi connectivity index (χ3v) is 6.40. The molecule has 2 saturated heterocycles. The van der Waals surface area contributed by atoms with E-state index in [9.17, 15) is 0 Å². The largest absolute Gasteiger partial charge is 0.467 e. The first-order valence-electron chi connectivity index (χ1n) is 6.59. The van der Waals surface area contributed by atoms with Crippen molar-refractivity contribution in [3.05, 3.63) is 24.2 Å². The molecule has 1 unspecified atom stereocenters. The quantitative estimate of drug-likeness (QED) is 0.789. The van der Waals surface area contributed by atoms with Gasteiger partial charge >= 0.3 is 0 Å². The van der Waals surface area contributed by atoms with Gasteiger partial charge in [-0.3, -0.25) is 4.90 Å². The molecule has 2 aliphatic rings. The van der Waals surface area contributed by atoms with E-state index in [1.165, 1.54) is 25.1 Å². The van der Waals surface area contributed by atoms with Crippen molar-refractivity contribution < 1.29 is 4.42 Å². The molecule has 19 heavy (non-hydrogen) atoms. The van der Waals surface area contributed by atoms with E-state index in [4.69, 9.17) is 16.6 Å². The molecule has 3 nitrogen and oxygen atoms in total. The standard InChI is InChI=1S/C13H18N2OS3/c17-13-15(7-11-3-1-5-16-11)9-14(10-19-13)8-12-4-2-6-18-12/h1,3,5,12H,2,4,6-10H2. The highest BCUT2D eigenvalue weighted by atomic mass is 32.2. The van der Waals surface area contributed by atoms with Crippen LogP contribution in [0.15, 0.2) is 22.8 Å². The van der Waals surface area contributed by atoms with E-state index < -0.39 is 0 Å². The Morgan fingerprint density at radius 1 is 1.47 bits per heavy atom. The van der Waals surface area contributed by atoms with Gasteiger partial charge in [-0.1, -0.05) is 24.0 Å². The molecule has 0 N–H and O–H groups in total. The van der Waals surface area contributed by atoms with E-state index in [1.54, 1.807) is 18.0 Å². The van der Waals surface area contributed by atoms with Crippen molar-refractivity contribution in [2.24, 2.45) is 0 Å². The fourth-order valence-electron chi connectivity index (χ4n) is 2.47. The van der Waals surface area contributed by atoms with Gasteiger partial charge < -0.3 is 9.32 Å². The van der Waals surface area contributed by atoms with E-state index in [2.05, 4.69) is 21.6 Å². The summed E-state index contributed by atoms with van der Waals surface area (Å²) in [5, 5.41) is 0.817. The molecule has 0 saturated carbocycles. The van der Waals surface area contributed by atoms with Crippen molar-refractivity contribution in [3.63, 3.8) is 0 Å². The number of furan rings is 1. The molecule has 1 aromatic heterocycles. The van der Waals surface area contributed by atoms with Gasteiger partial charge in [0.2, 0.25) is 0 Å². The van der Waals surface area contributed by atoms with Crippen LogP contribution < -0.4 is 0 Å². The molecule has 3 rings (SSSR count). The zero-order valence-corrected chi connectivity index (χ0v) is 13.2. The number of thiocarbonyl (C=S) groups is 1. The Hall–Kier alpha value is -0.170. The predicted molar refractivity (Wildman–Crippen MR) is 86.4 cm³/mol. The van der Waals surface area contributed by atoms with Crippen LogP contribution in [0.4, 0.5) is 0 Å². The molecular formula is C13H18N2OS3. The molecule has 1 aromatic rings. The van der Waals surface area contributed by atoms with Crippen molar-refractivity contribution in [2.45, 2.75) is 24.6 Å². The molecule has 0 amide bonds. The Bertz CT molecular complexity index is 418. The van der Waals surface area contributed by atoms with Crippen LogP contribution in [0.3, 0.4) is 0 Å². The van der Waals surface area contributed by atoms with Crippen LogP contribution in [-0.2, 0) is 6.54 Å². The van der Waals surface area contributed by atoms with Crippen LogP contribution in [-0.4, -0.2) is 44.2 Å². The van der Waals surface area contributed by atoms with Crippen LogP contribution in [0.5, 0.6) is 0 Å². The summed E-state index contributed by atoms with van der Waals surface area (Å²) in [7, 11) is 0. The molecule has 3 heterocycles. The summed E-state index contributed by atoms with van der Waals surface area (Å²) in [4.78, 5) is 4.74. The van der Waals surface area contributed by atoms with Gasteiger partial charge in [-0.25, -0.2) is 0 Å². The molecule has 1 atom stereocenters. The molecule has 0 aromatic carbocycles. The Morgan fingerprint density at radius 3 is 3.16 bits per heavy atom. The van der Waals surface area contributed by atoms with Gasteiger partial charge in [0, 0.05) is 11.8 Å². The summed E-state index contributed by atoms with van der Waals surface area (Å²) in [6, 6.07) is 3.95. The summed E-state index contributed by atoms with van der Waals surface area (Å²) in [5.74, 6) is 3.35. The van der Waals surface area contributed by atoms with Crippen LogP contribution in [0.1, 0.15) is 18.6 Å². The maximum Gasteiger partial charge on any atom is 0.139 e. The van der Waals surface area contributed by atoms with Gasteiger partial charge in [0.05, 0.1) is 25.4 Å². The monoisotopic (exact) mass is 314 g/mol. The van der Waals surface area contributed by atoms with Crippen molar-refractivity contribution in [1.82, 2.24) is 9.80 Å². The molecule has 0 radical (unpaired) electrons. The minimum Gasteiger partial charge on any atom is -0.467 e. The molecular weight excluding hydrogens is 296 g/mol. The Balaban J connectivity index is 1.55. The SMILES string of the molecule is S=C1SCN(CC2CCCS2)CN1Cc1ccco1. The van der Waals surface area contributed by atoms with Gasteiger partial charge in [0.15, 0.2) is 0 Å². The van der Waals surface area contributed by atoms with E-state index >= 15 is 0 Å². The van der Waals surface area contributed by atoms with Gasteiger partial charge in [0.1, 0.15) is 10.1 Å². The Labute approximate surface area is 128 Å². The van der Waals surface area contributed by atoms with Crippen LogP contribution in [0, 0.1) is 0 Å². The lowest BCUT2D eigenvalue weighted by atomic mass is 10.2. The van der Waals surface area contributed by atoms with Gasteiger partial charge in [-0.05, 0) is 30.7 Å². The smallest absolute Gasteiger partial charge is 0.139 e. The lowest BCUT2D eigenvalue weighted by Crippen LogP contribution is -2.46. The average molecular weight is 315 g/mol. The zero-order chi connectivity index (χ0) is 13.1. The maximum absolute atomic E-state index is 5.45. The fourth-order valence-corrected chi connectivity index (χ4v) is 4.85. The molecule has 104 valence electrons. The lowest BCUT2D eigenvalue weighted by Gasteiger charge is -2.37. The third kappa shape index (κ3) is 3.68. The Kier molecular flexibility index (Phi) is 4.73. The number of thioether (sulfide) groups is 2. The maximum atomic E-state index is 5.45. The van der Waals surface area contributed by atoms with Crippen molar-refractivity contribution >= 4 is 40.1 Å². The molecule has 2 fully saturated rings. The van der Waals surface area contributed by atoms with Crippen LogP contribution in [0.2, 0.25) is 0 Å². The third-order valence-electron chi connectivity index (χ3n) is 3.41. The van der Waals surface area contributed by atoms with E-state index in [-0.39, 0.29) is 0 Å². The highest BCUT2D eigenvalue weighted by Crippen LogP contribution is 2.29. The van der Waals surface area contributed by atoms with Gasteiger partial charge in [-0.2, -0.15) is 11.8 Å². The van der Waals surface area contributed by atoms with Crippen molar-refractivity contribution in [1.29, 1.82) is 0 Å². The first-order valence-corrected chi connectivity index (χ1v) is 9.03. The topological polar surface area (TPSA) is 19.6 Å². The highest BCUT2D eigenvalue weighted by Gasteiger charge is 2.26. The molecule has 0 bridgehead atoms. The van der Waals surface area contributed by atoms with Crippen LogP contribution >= 0.6 is 35.7 Å². The van der Waals surface area contributed by atoms with Crippen LogP contribution in [0.25, 0.3) is 0 Å². The minimum absolute atomic E-state index is 0.785. The Morgan fingerprint density at radius 2 is 2.42 bits per heavy atom. The molecule has 2 aliphatic heterocycles. The number of rotatable bonds is 4. The summed E-state index contributed by atoms with van der Waals surface area (Å²) in [6.45, 7) is 2.91. The highest BCUT2D eigenvalue weighted by molar-refractivity contribution is 8.22. The lowest BCUT2D eigenvalue weighted by molar-refractivity contribution is 0.200. The first-order chi connectivity index (χ1) is 9.31. The summed E-state index contributed by atoms with van der Waals surface area (Å²) >= 11 is 9.35. The second-order valence-corrected chi connectivity index (χ2v) is 7.93. The first kappa shape index (κ1) is 13.8. The van der Waals surface area contributed by atoms with Gasteiger partial charge in [-0.15, -0.1) is 0 Å². The normalized spacial score (nSPS) is 25.2. The average Bonchev–Trinajstić information content (AvgIpc) is 3.07. The van der Waals surface area contributed by atoms with Crippen molar-refractivity contribution in [3.8, 4) is 0 Å². The number of hydrogen-bond donors (Lipinski definition) is 0. The molecule has 0 aliphatic carbocycles. The summed E-state index contributed by atoms with van der Waals surface area (Å²) < 4.78 is 6.41. The van der Waals surface area contributed by atoms with E-state index in [0.29, 0.717) is 0 Å². The fraction of sp³-hybridized carbons (Fsp3) is 0.615. The van der Waals surface area contributed by atoms with Gasteiger partial charge in [0.25, 0.3) is 0 Å². The summed E-state index contributed by atoms with van der Waals surface area (Å²) in [6.07, 6.45) is 4.47. The minimum atomic E-state index is 0.785. The van der Waals surface area contributed by atoms with Crippen molar-refractivity contribution in [2.75, 3.05) is 24.8 Å². The number of nitrogens with zero attached hydrogens (tertiary/aromatic N) is 2.